The molecule has 4 heteroatoms. The lowest BCUT2D eigenvalue weighted by Crippen LogP contribution is -1.93. The Balaban J connectivity index is 1.99. The number of benzene rings is 2. The van der Waals surface area contributed by atoms with E-state index in [9.17, 15) is 0 Å². The lowest BCUT2D eigenvalue weighted by Gasteiger charge is -2.02. The number of hydrogen-bond acceptors (Lipinski definition) is 4. The van der Waals surface area contributed by atoms with E-state index in [0.29, 0.717) is 5.75 Å². The second-order valence-electron chi connectivity index (χ2n) is 3.96. The highest BCUT2D eigenvalue weighted by molar-refractivity contribution is 7.21. The van der Waals surface area contributed by atoms with Gasteiger partial charge in [-0.05, 0) is 24.3 Å². The highest BCUT2D eigenvalue weighted by Crippen LogP contribution is 2.31. The molecule has 0 bridgehead atoms. The maximum atomic E-state index is 8.52. The van der Waals surface area contributed by atoms with Crippen LogP contribution < -0.4 is 4.74 Å². The van der Waals surface area contributed by atoms with E-state index in [1.54, 1.807) is 11.3 Å². The van der Waals surface area contributed by atoms with E-state index in [4.69, 9.17) is 10.00 Å². The molecule has 0 spiro atoms. The molecule has 0 saturated heterocycles. The van der Waals surface area contributed by atoms with Gasteiger partial charge in [-0.25, -0.2) is 4.98 Å². The van der Waals surface area contributed by atoms with Gasteiger partial charge >= 0.3 is 0 Å². The largest absolute Gasteiger partial charge is 0.479 e. The summed E-state index contributed by atoms with van der Waals surface area (Å²) in [6.07, 6.45) is 0. The number of fused-ring (bicyclic) bond motifs is 1. The molecule has 0 fully saturated rings. The summed E-state index contributed by atoms with van der Waals surface area (Å²) in [4.78, 5) is 4.60. The van der Waals surface area contributed by atoms with Crippen molar-refractivity contribution in [2.45, 2.75) is 0 Å². The van der Waals surface area contributed by atoms with Gasteiger partial charge in [0.25, 0.3) is 0 Å². The Labute approximate surface area is 114 Å². The molecule has 0 amide bonds. The molecule has 19 heavy (non-hydrogen) atoms. The quantitative estimate of drug-likeness (QED) is 0.723. The lowest BCUT2D eigenvalue weighted by molar-refractivity contribution is 0.368. The number of hydrogen-bond donors (Lipinski definition) is 0. The topological polar surface area (TPSA) is 45.9 Å². The summed E-state index contributed by atoms with van der Waals surface area (Å²) in [6, 6.07) is 17.7. The first-order valence-corrected chi connectivity index (χ1v) is 6.64. The first-order chi connectivity index (χ1) is 9.36. The highest BCUT2D eigenvalue weighted by Gasteiger charge is 2.06. The third-order valence-electron chi connectivity index (χ3n) is 2.68. The summed E-state index contributed by atoms with van der Waals surface area (Å²) in [6.45, 7) is 0.0588. The Morgan fingerprint density at radius 1 is 1.16 bits per heavy atom. The molecule has 1 heterocycles. The van der Waals surface area contributed by atoms with Gasteiger partial charge in [-0.1, -0.05) is 24.3 Å². The molecular formula is C15H10N2OS. The Kier molecular flexibility index (Phi) is 3.13. The second-order valence-corrected chi connectivity index (χ2v) is 4.99. The Bertz CT molecular complexity index is 725. The Morgan fingerprint density at radius 3 is 2.89 bits per heavy atom. The molecule has 0 saturated carbocycles. The minimum absolute atomic E-state index is 0.0588. The third-order valence-corrected chi connectivity index (χ3v) is 3.76. The van der Waals surface area contributed by atoms with E-state index in [0.717, 1.165) is 16.1 Å². The van der Waals surface area contributed by atoms with Gasteiger partial charge in [0.2, 0.25) is 0 Å². The predicted octanol–water partition coefficient (Wildman–Crippen LogP) is 3.87. The van der Waals surface area contributed by atoms with Gasteiger partial charge in [0.1, 0.15) is 16.8 Å². The first-order valence-electron chi connectivity index (χ1n) is 5.82. The fraction of sp³-hybridized carbons (Fsp3) is 0.0667. The van der Waals surface area contributed by atoms with Gasteiger partial charge in [-0.2, -0.15) is 5.26 Å². The summed E-state index contributed by atoms with van der Waals surface area (Å²) in [5.41, 5.74) is 2.02. The molecule has 0 unspecified atom stereocenters. The van der Waals surface area contributed by atoms with Crippen LogP contribution in [0.25, 0.3) is 20.8 Å². The van der Waals surface area contributed by atoms with E-state index in [1.165, 1.54) is 4.70 Å². The van der Waals surface area contributed by atoms with Crippen molar-refractivity contribution >= 4 is 21.6 Å². The van der Waals surface area contributed by atoms with Crippen molar-refractivity contribution in [3.63, 3.8) is 0 Å². The van der Waals surface area contributed by atoms with Crippen LogP contribution >= 0.6 is 11.3 Å². The number of nitriles is 1. The van der Waals surface area contributed by atoms with Gasteiger partial charge in [0.05, 0.1) is 10.2 Å². The molecule has 0 N–H and O–H groups in total. The van der Waals surface area contributed by atoms with Gasteiger partial charge in [-0.15, -0.1) is 11.3 Å². The fourth-order valence-corrected chi connectivity index (χ4v) is 2.79. The van der Waals surface area contributed by atoms with Crippen molar-refractivity contribution in [3.05, 3.63) is 48.5 Å². The van der Waals surface area contributed by atoms with Gasteiger partial charge < -0.3 is 4.74 Å². The van der Waals surface area contributed by atoms with Crippen molar-refractivity contribution in [2.24, 2.45) is 0 Å². The highest BCUT2D eigenvalue weighted by atomic mass is 32.1. The SMILES string of the molecule is N#CCOc1cccc(-c2nc3ccccc3s2)c1. The number of thiazole rings is 1. The van der Waals surface area contributed by atoms with Gasteiger partial charge in [-0.3, -0.25) is 0 Å². The van der Waals surface area contributed by atoms with Crippen LogP contribution in [0.1, 0.15) is 0 Å². The van der Waals surface area contributed by atoms with Crippen molar-refractivity contribution in [2.75, 3.05) is 6.61 Å². The molecular weight excluding hydrogens is 256 g/mol. The monoisotopic (exact) mass is 266 g/mol. The van der Waals surface area contributed by atoms with Crippen LogP contribution in [0.4, 0.5) is 0 Å². The number of para-hydroxylation sites is 1. The van der Waals surface area contributed by atoms with Crippen LogP contribution in [0.15, 0.2) is 48.5 Å². The average molecular weight is 266 g/mol. The van der Waals surface area contributed by atoms with Crippen LogP contribution in [-0.2, 0) is 0 Å². The average Bonchev–Trinajstić information content (AvgIpc) is 2.89. The summed E-state index contributed by atoms with van der Waals surface area (Å²) < 4.78 is 6.47. The zero-order chi connectivity index (χ0) is 13.1. The molecule has 2 aromatic carbocycles. The summed E-state index contributed by atoms with van der Waals surface area (Å²) >= 11 is 1.65. The Hall–Kier alpha value is -2.38. The molecule has 0 aliphatic rings. The predicted molar refractivity (Wildman–Crippen MR) is 76.2 cm³/mol. The van der Waals surface area contributed by atoms with Crippen LogP contribution in [0.5, 0.6) is 5.75 Å². The van der Waals surface area contributed by atoms with Crippen molar-refractivity contribution < 1.29 is 4.74 Å². The minimum atomic E-state index is 0.0588. The number of aromatic nitrogens is 1. The summed E-state index contributed by atoms with van der Waals surface area (Å²) in [5.74, 6) is 0.693. The zero-order valence-corrected chi connectivity index (χ0v) is 10.9. The van der Waals surface area contributed by atoms with Gasteiger partial charge in [0, 0.05) is 5.56 Å². The van der Waals surface area contributed by atoms with E-state index < -0.39 is 0 Å². The van der Waals surface area contributed by atoms with Crippen molar-refractivity contribution in [1.29, 1.82) is 5.26 Å². The van der Waals surface area contributed by atoms with Gasteiger partial charge in [0.15, 0.2) is 6.61 Å². The molecule has 3 rings (SSSR count). The van der Waals surface area contributed by atoms with Crippen molar-refractivity contribution in [3.8, 4) is 22.4 Å². The lowest BCUT2D eigenvalue weighted by atomic mass is 10.2. The Morgan fingerprint density at radius 2 is 2.05 bits per heavy atom. The minimum Gasteiger partial charge on any atom is -0.479 e. The summed E-state index contributed by atoms with van der Waals surface area (Å²) in [5, 5.41) is 9.49. The van der Waals surface area contributed by atoms with Crippen LogP contribution in [-0.4, -0.2) is 11.6 Å². The molecule has 0 aliphatic carbocycles. The van der Waals surface area contributed by atoms with Crippen LogP contribution in [0.2, 0.25) is 0 Å². The second kappa shape index (κ2) is 5.09. The normalized spacial score (nSPS) is 10.3. The van der Waals surface area contributed by atoms with Crippen LogP contribution in [0, 0.1) is 11.3 Å². The van der Waals surface area contributed by atoms with Crippen molar-refractivity contribution in [1.82, 2.24) is 4.98 Å². The van der Waals surface area contributed by atoms with E-state index in [1.807, 2.05) is 48.5 Å². The summed E-state index contributed by atoms with van der Waals surface area (Å²) in [7, 11) is 0. The molecule has 0 atom stereocenters. The molecule has 0 radical (unpaired) electrons. The number of ether oxygens (including phenoxy) is 1. The maximum absolute atomic E-state index is 8.52. The maximum Gasteiger partial charge on any atom is 0.174 e. The smallest absolute Gasteiger partial charge is 0.174 e. The van der Waals surface area contributed by atoms with Crippen LogP contribution in [0.3, 0.4) is 0 Å². The third kappa shape index (κ3) is 2.42. The fourth-order valence-electron chi connectivity index (χ4n) is 1.83. The number of rotatable bonds is 3. The zero-order valence-electron chi connectivity index (χ0n) is 10.0. The standard InChI is InChI=1S/C15H10N2OS/c16-8-9-18-12-5-3-4-11(10-12)15-17-13-6-1-2-7-14(13)19-15/h1-7,10H,9H2. The first kappa shape index (κ1) is 11.7. The molecule has 92 valence electrons. The molecule has 1 aromatic heterocycles. The van der Waals surface area contributed by atoms with E-state index in [-0.39, 0.29) is 6.61 Å². The molecule has 3 nitrogen and oxygen atoms in total. The van der Waals surface area contributed by atoms with E-state index >= 15 is 0 Å². The van der Waals surface area contributed by atoms with E-state index in [2.05, 4.69) is 11.1 Å². The molecule has 3 aromatic rings. The number of nitrogens with zero attached hydrogens (tertiary/aromatic N) is 2. The molecule has 0 aliphatic heterocycles.